The van der Waals surface area contributed by atoms with Crippen LogP contribution in [0.1, 0.15) is 37.7 Å². The first-order valence-corrected chi connectivity index (χ1v) is 9.28. The Bertz CT molecular complexity index is 544. The highest BCUT2D eigenvalue weighted by molar-refractivity contribution is 6.35. The molecule has 0 heterocycles. The molecular formula is C18H24Cl2N2O. The lowest BCUT2D eigenvalue weighted by molar-refractivity contribution is -0.127. The van der Waals surface area contributed by atoms with Crippen LogP contribution in [0.15, 0.2) is 18.2 Å². The number of rotatable bonds is 4. The largest absolute Gasteiger partial charge is 0.356 e. The Kier molecular flexibility index (Phi) is 5.50. The minimum Gasteiger partial charge on any atom is -0.356 e. The molecule has 2 aliphatic rings. The van der Waals surface area contributed by atoms with E-state index in [0.29, 0.717) is 40.9 Å². The zero-order valence-electron chi connectivity index (χ0n) is 13.2. The van der Waals surface area contributed by atoms with Crippen LogP contribution in [0.25, 0.3) is 0 Å². The van der Waals surface area contributed by atoms with Crippen molar-refractivity contribution in [1.29, 1.82) is 0 Å². The predicted octanol–water partition coefficient (Wildman–Crippen LogP) is 3.81. The van der Waals surface area contributed by atoms with Crippen LogP contribution in [0.4, 0.5) is 0 Å². The maximum atomic E-state index is 12.5. The molecule has 2 fully saturated rings. The van der Waals surface area contributed by atoms with E-state index in [9.17, 15) is 4.79 Å². The van der Waals surface area contributed by atoms with E-state index < -0.39 is 0 Å². The number of fused-ring (bicyclic) bond motifs is 2. The Hall–Kier alpha value is -0.770. The van der Waals surface area contributed by atoms with Gasteiger partial charge in [0.05, 0.1) is 0 Å². The van der Waals surface area contributed by atoms with Gasteiger partial charge in [-0.3, -0.25) is 4.79 Å². The molecule has 0 radical (unpaired) electrons. The molecule has 126 valence electrons. The first kappa shape index (κ1) is 17.1. The number of carbonyl (C=O) groups excluding carboxylic acids is 1. The topological polar surface area (TPSA) is 55.1 Å². The fourth-order valence-electron chi connectivity index (χ4n) is 4.23. The van der Waals surface area contributed by atoms with Gasteiger partial charge in [-0.15, -0.1) is 0 Å². The van der Waals surface area contributed by atoms with Crippen molar-refractivity contribution < 1.29 is 4.79 Å². The van der Waals surface area contributed by atoms with Crippen molar-refractivity contribution in [3.8, 4) is 0 Å². The summed E-state index contributed by atoms with van der Waals surface area (Å²) in [6.07, 6.45) is 6.16. The Morgan fingerprint density at radius 1 is 1.17 bits per heavy atom. The first-order chi connectivity index (χ1) is 11.1. The molecule has 5 heteroatoms. The molecule has 1 aromatic rings. The molecular weight excluding hydrogens is 331 g/mol. The molecule has 3 N–H and O–H groups in total. The molecule has 3 nitrogen and oxygen atoms in total. The van der Waals surface area contributed by atoms with E-state index in [1.54, 1.807) is 0 Å². The quantitative estimate of drug-likeness (QED) is 0.863. The van der Waals surface area contributed by atoms with E-state index in [4.69, 9.17) is 28.9 Å². The highest BCUT2D eigenvalue weighted by Gasteiger charge is 2.40. The van der Waals surface area contributed by atoms with Crippen LogP contribution in [-0.2, 0) is 11.2 Å². The van der Waals surface area contributed by atoms with Gasteiger partial charge in [-0.25, -0.2) is 0 Å². The number of nitrogens with two attached hydrogens (primary N) is 1. The number of halogens is 2. The first-order valence-electron chi connectivity index (χ1n) is 8.52. The Labute approximate surface area is 147 Å². The molecule has 0 aromatic heterocycles. The summed E-state index contributed by atoms with van der Waals surface area (Å²) in [6, 6.07) is 5.79. The number of hydrogen-bond acceptors (Lipinski definition) is 2. The van der Waals surface area contributed by atoms with Gasteiger partial charge in [0.15, 0.2) is 0 Å². The van der Waals surface area contributed by atoms with E-state index in [-0.39, 0.29) is 11.8 Å². The lowest BCUT2D eigenvalue weighted by Crippen LogP contribution is -2.49. The standard InChI is InChI=1S/C18H24Cl2N2O/c19-15-5-2-6-16(20)14(15)7-8-22-18(23)13-9-11-3-1-4-12(10-13)17(11)21/h2,5-6,11-13,17H,1,3-4,7-10,21H2,(H,22,23). The van der Waals surface area contributed by atoms with Crippen LogP contribution in [0.3, 0.4) is 0 Å². The number of hydrogen-bond donors (Lipinski definition) is 2. The van der Waals surface area contributed by atoms with Crippen LogP contribution < -0.4 is 11.1 Å². The molecule has 0 saturated heterocycles. The van der Waals surface area contributed by atoms with Gasteiger partial charge >= 0.3 is 0 Å². The maximum Gasteiger partial charge on any atom is 0.223 e. The SMILES string of the molecule is NC1C2CCCC1CC(C(=O)NCCc1c(Cl)cccc1Cl)C2. The van der Waals surface area contributed by atoms with Gasteiger partial charge in [-0.2, -0.15) is 0 Å². The summed E-state index contributed by atoms with van der Waals surface area (Å²) < 4.78 is 0. The molecule has 2 bridgehead atoms. The lowest BCUT2D eigenvalue weighted by atomic mass is 9.65. The summed E-state index contributed by atoms with van der Waals surface area (Å²) in [5.41, 5.74) is 7.20. The molecule has 3 rings (SSSR count). The van der Waals surface area contributed by atoms with Crippen molar-refractivity contribution in [3.63, 3.8) is 0 Å². The molecule has 0 spiro atoms. The second-order valence-electron chi connectivity index (χ2n) is 6.94. The van der Waals surface area contributed by atoms with Crippen LogP contribution in [-0.4, -0.2) is 18.5 Å². The smallest absolute Gasteiger partial charge is 0.223 e. The van der Waals surface area contributed by atoms with Gasteiger partial charge in [0.25, 0.3) is 0 Å². The van der Waals surface area contributed by atoms with Gasteiger partial charge in [0.2, 0.25) is 5.91 Å². The van der Waals surface area contributed by atoms with E-state index in [0.717, 1.165) is 18.4 Å². The summed E-state index contributed by atoms with van der Waals surface area (Å²) in [5.74, 6) is 1.33. The van der Waals surface area contributed by atoms with E-state index in [2.05, 4.69) is 5.32 Å². The zero-order valence-corrected chi connectivity index (χ0v) is 14.7. The highest BCUT2D eigenvalue weighted by Crippen LogP contribution is 2.41. The van der Waals surface area contributed by atoms with Gasteiger partial charge < -0.3 is 11.1 Å². The third kappa shape index (κ3) is 3.84. The fraction of sp³-hybridized carbons (Fsp3) is 0.611. The molecule has 1 aromatic carbocycles. The number of benzene rings is 1. The van der Waals surface area contributed by atoms with E-state index in [1.807, 2.05) is 18.2 Å². The summed E-state index contributed by atoms with van der Waals surface area (Å²) in [7, 11) is 0. The molecule has 1 amide bonds. The number of carbonyl (C=O) groups is 1. The van der Waals surface area contributed by atoms with Gasteiger partial charge in [0, 0.05) is 28.5 Å². The highest BCUT2D eigenvalue weighted by atomic mass is 35.5. The third-order valence-electron chi connectivity index (χ3n) is 5.52. The van der Waals surface area contributed by atoms with Gasteiger partial charge in [-0.05, 0) is 61.6 Å². The zero-order chi connectivity index (χ0) is 16.4. The fourth-order valence-corrected chi connectivity index (χ4v) is 4.82. The monoisotopic (exact) mass is 354 g/mol. The number of nitrogens with one attached hydrogen (secondary N) is 1. The van der Waals surface area contributed by atoms with Crippen LogP contribution >= 0.6 is 23.2 Å². The molecule has 23 heavy (non-hydrogen) atoms. The Morgan fingerprint density at radius 2 is 1.78 bits per heavy atom. The summed E-state index contributed by atoms with van der Waals surface area (Å²) in [5, 5.41) is 4.38. The minimum absolute atomic E-state index is 0.117. The van der Waals surface area contributed by atoms with Crippen molar-refractivity contribution >= 4 is 29.1 Å². The average Bonchev–Trinajstić information content (AvgIpc) is 2.49. The van der Waals surface area contributed by atoms with Crippen LogP contribution in [0.2, 0.25) is 10.0 Å². The summed E-state index contributed by atoms with van der Waals surface area (Å²) in [4.78, 5) is 12.5. The van der Waals surface area contributed by atoms with Crippen LogP contribution in [0, 0.1) is 17.8 Å². The molecule has 0 aliphatic heterocycles. The predicted molar refractivity (Wildman–Crippen MR) is 94.7 cm³/mol. The van der Waals surface area contributed by atoms with Crippen molar-refractivity contribution in [3.05, 3.63) is 33.8 Å². The van der Waals surface area contributed by atoms with Crippen molar-refractivity contribution in [2.45, 2.75) is 44.6 Å². The molecule has 2 unspecified atom stereocenters. The van der Waals surface area contributed by atoms with Gasteiger partial charge in [0.1, 0.15) is 0 Å². The van der Waals surface area contributed by atoms with E-state index in [1.165, 1.54) is 19.3 Å². The molecule has 2 saturated carbocycles. The lowest BCUT2D eigenvalue weighted by Gasteiger charge is -2.43. The minimum atomic E-state index is 0.117. The average molecular weight is 355 g/mol. The molecule has 2 aliphatic carbocycles. The third-order valence-corrected chi connectivity index (χ3v) is 6.23. The number of amides is 1. The summed E-state index contributed by atoms with van der Waals surface area (Å²) >= 11 is 12.3. The Balaban J connectivity index is 1.52. The summed E-state index contributed by atoms with van der Waals surface area (Å²) in [6.45, 7) is 0.570. The second-order valence-corrected chi connectivity index (χ2v) is 7.75. The maximum absolute atomic E-state index is 12.5. The van der Waals surface area contributed by atoms with Gasteiger partial charge in [-0.1, -0.05) is 35.7 Å². The van der Waals surface area contributed by atoms with Crippen molar-refractivity contribution in [2.75, 3.05) is 6.54 Å². The van der Waals surface area contributed by atoms with Crippen LogP contribution in [0.5, 0.6) is 0 Å². The second kappa shape index (κ2) is 7.42. The molecule has 2 atom stereocenters. The van der Waals surface area contributed by atoms with Crippen molar-refractivity contribution in [1.82, 2.24) is 5.32 Å². The van der Waals surface area contributed by atoms with E-state index >= 15 is 0 Å². The Morgan fingerprint density at radius 3 is 2.39 bits per heavy atom. The normalized spacial score (nSPS) is 30.0. The van der Waals surface area contributed by atoms with Crippen molar-refractivity contribution in [2.24, 2.45) is 23.5 Å².